The fraction of sp³-hybridized carbons (Fsp3) is 0.926. The normalized spacial score (nSPS) is 53.6. The minimum atomic E-state index is -0.430. The van der Waals surface area contributed by atoms with Crippen LogP contribution >= 0.6 is 0 Å². The van der Waals surface area contributed by atoms with Gasteiger partial charge in [-0.25, -0.2) is 0 Å². The van der Waals surface area contributed by atoms with E-state index in [9.17, 15) is 5.11 Å². The number of rotatable bonds is 5. The molecule has 0 bridgehead atoms. The van der Waals surface area contributed by atoms with E-state index < -0.39 is 5.79 Å². The molecular formula is C54H84N2O3. The summed E-state index contributed by atoms with van der Waals surface area (Å²) in [5.74, 6) is 9.38. The number of aliphatic hydroxyl groups is 1. The third-order valence-electron chi connectivity index (χ3n) is 22.9. The number of aromatic nitrogens is 2. The molecule has 5 heteroatoms. The first kappa shape index (κ1) is 40.7. The molecule has 0 amide bonds. The summed E-state index contributed by atoms with van der Waals surface area (Å²) in [5.41, 5.74) is 6.46. The van der Waals surface area contributed by atoms with Crippen molar-refractivity contribution < 1.29 is 14.6 Å². The fourth-order valence-electron chi connectivity index (χ4n) is 19.7. The lowest BCUT2D eigenvalue weighted by Gasteiger charge is -2.62. The van der Waals surface area contributed by atoms with Crippen LogP contribution in [-0.4, -0.2) is 39.7 Å². The quantitative estimate of drug-likeness (QED) is 0.321. The van der Waals surface area contributed by atoms with Crippen LogP contribution in [0.2, 0.25) is 0 Å². The highest BCUT2D eigenvalue weighted by atomic mass is 16.7. The molecule has 1 aromatic heterocycles. The molecule has 8 aliphatic carbocycles. The standard InChI is InChI=1S/C54H84N2O3/c1-30(2)11-10-12-32(4)38-17-18-39-36-15-13-34-23-43-45(27-51(34,7)40(36)20-21-50(38,39)6)55-44-24-35-14-16-37-41(52(35,8)28-46(44)56-43)26-48(57)53(9)42(37)25-47-49(53)33(5)54(59-47)22-19-31(3)29-58-54/h30-42,47-49,57H,10-29H2,1-9H3/t31?,32?,33-,34?,35?,36+,37-,38-,39?,40?,41?,42?,47+,48-,49+,50-,51+,52+,53-,54?/m1/s1. The molecule has 1 spiro atoms. The first-order valence-electron chi connectivity index (χ1n) is 26.0. The predicted molar refractivity (Wildman–Crippen MR) is 235 cm³/mol. The van der Waals surface area contributed by atoms with Crippen molar-refractivity contribution >= 4 is 0 Å². The molecule has 2 saturated heterocycles. The van der Waals surface area contributed by atoms with E-state index in [1.54, 1.807) is 0 Å². The number of fused-ring (bicyclic) bond motifs is 14. The molecule has 10 aliphatic rings. The molecule has 1 aromatic rings. The van der Waals surface area contributed by atoms with Crippen LogP contribution in [-0.2, 0) is 35.2 Å². The summed E-state index contributed by atoms with van der Waals surface area (Å²) in [5, 5.41) is 12.5. The van der Waals surface area contributed by atoms with Gasteiger partial charge in [0.05, 0.1) is 41.6 Å². The summed E-state index contributed by atoms with van der Waals surface area (Å²) in [4.78, 5) is 11.5. The van der Waals surface area contributed by atoms with Gasteiger partial charge in [-0.1, -0.05) is 81.6 Å². The maximum atomic E-state index is 12.5. The van der Waals surface area contributed by atoms with Crippen molar-refractivity contribution in [2.75, 3.05) is 6.61 Å². The van der Waals surface area contributed by atoms with Gasteiger partial charge in [-0.3, -0.25) is 9.97 Å². The molecule has 0 aromatic carbocycles. The Kier molecular flexibility index (Phi) is 9.65. The van der Waals surface area contributed by atoms with Crippen LogP contribution in [0.15, 0.2) is 0 Å². The molecule has 11 rings (SSSR count). The Balaban J connectivity index is 0.808. The van der Waals surface area contributed by atoms with E-state index >= 15 is 0 Å². The highest BCUT2D eigenvalue weighted by molar-refractivity contribution is 5.31. The summed E-state index contributed by atoms with van der Waals surface area (Å²) in [6, 6.07) is 0. The number of nitrogens with zero attached hydrogens (tertiary/aromatic N) is 2. The van der Waals surface area contributed by atoms with Gasteiger partial charge in [-0.15, -0.1) is 0 Å². The lowest BCUT2D eigenvalue weighted by atomic mass is 9.43. The summed E-state index contributed by atoms with van der Waals surface area (Å²) in [6.45, 7) is 23.5. The largest absolute Gasteiger partial charge is 0.393 e. The molecule has 0 radical (unpaired) electrons. The predicted octanol–water partition coefficient (Wildman–Crippen LogP) is 11.8. The van der Waals surface area contributed by atoms with Crippen molar-refractivity contribution in [1.82, 2.24) is 9.97 Å². The first-order chi connectivity index (χ1) is 28.1. The van der Waals surface area contributed by atoms with Crippen LogP contribution in [0.25, 0.3) is 0 Å². The SMILES string of the molecule is CC(C)CCCC(C)[C@H]1CCC2[C@@H]3CCC4Cc5nc6c(nc5C[C@]4(C)C3CC[C@@]21C)CC1CC[C@@H]2C(C[C@@H](O)[C@@]3(C)C2C[C@@H]2OC4(CCC(C)CO4)[C@H](C)[C@@H]23)[C@@]1(C)C6. The molecule has 5 nitrogen and oxygen atoms in total. The molecule has 59 heavy (non-hydrogen) atoms. The molecule has 1 N–H and O–H groups in total. The Morgan fingerprint density at radius 2 is 1.32 bits per heavy atom. The maximum absolute atomic E-state index is 12.5. The van der Waals surface area contributed by atoms with E-state index in [2.05, 4.69) is 62.3 Å². The Labute approximate surface area is 359 Å². The third-order valence-corrected chi connectivity index (χ3v) is 22.9. The average molecular weight is 809 g/mol. The van der Waals surface area contributed by atoms with Gasteiger partial charge in [0.25, 0.3) is 0 Å². The Morgan fingerprint density at radius 1 is 0.678 bits per heavy atom. The summed E-state index contributed by atoms with van der Waals surface area (Å²) in [6.07, 6.45) is 24.3. The highest BCUT2D eigenvalue weighted by Gasteiger charge is 2.72. The van der Waals surface area contributed by atoms with Gasteiger partial charge in [0.2, 0.25) is 0 Å². The van der Waals surface area contributed by atoms with Crippen LogP contribution in [0, 0.1) is 105 Å². The van der Waals surface area contributed by atoms with Crippen LogP contribution in [0.3, 0.4) is 0 Å². The van der Waals surface area contributed by atoms with Gasteiger partial charge in [-0.05, 0) is 184 Å². The maximum Gasteiger partial charge on any atom is 0.171 e. The fourth-order valence-corrected chi connectivity index (χ4v) is 19.7. The second-order valence-corrected chi connectivity index (χ2v) is 25.7. The molecule has 8 fully saturated rings. The van der Waals surface area contributed by atoms with Crippen molar-refractivity contribution in [3.63, 3.8) is 0 Å². The first-order valence-corrected chi connectivity index (χ1v) is 26.0. The second kappa shape index (κ2) is 14.0. The van der Waals surface area contributed by atoms with Gasteiger partial charge >= 0.3 is 0 Å². The molecule has 9 unspecified atom stereocenters. The van der Waals surface area contributed by atoms with Gasteiger partial charge in [0.1, 0.15) is 0 Å². The minimum Gasteiger partial charge on any atom is -0.393 e. The van der Waals surface area contributed by atoms with E-state index in [1.165, 1.54) is 106 Å². The molecule has 6 saturated carbocycles. The molecule has 2 aliphatic heterocycles. The van der Waals surface area contributed by atoms with E-state index in [4.69, 9.17) is 19.4 Å². The van der Waals surface area contributed by atoms with Gasteiger partial charge in [0.15, 0.2) is 5.79 Å². The van der Waals surface area contributed by atoms with Crippen molar-refractivity contribution in [2.45, 2.75) is 202 Å². The lowest BCUT2D eigenvalue weighted by Crippen LogP contribution is -2.60. The Bertz CT molecular complexity index is 1790. The van der Waals surface area contributed by atoms with Crippen LogP contribution in [0.1, 0.15) is 181 Å². The zero-order valence-electron chi connectivity index (χ0n) is 39.0. The zero-order chi connectivity index (χ0) is 41.0. The second-order valence-electron chi connectivity index (χ2n) is 25.7. The summed E-state index contributed by atoms with van der Waals surface area (Å²) < 4.78 is 13.7. The average Bonchev–Trinajstić information content (AvgIpc) is 3.80. The molecule has 20 atom stereocenters. The molecule has 328 valence electrons. The Morgan fingerprint density at radius 3 is 1.97 bits per heavy atom. The summed E-state index contributed by atoms with van der Waals surface area (Å²) in [7, 11) is 0. The summed E-state index contributed by atoms with van der Waals surface area (Å²) >= 11 is 0. The minimum absolute atomic E-state index is 0.0938. The lowest BCUT2D eigenvalue weighted by molar-refractivity contribution is -0.274. The number of ether oxygens (including phenoxy) is 2. The Hall–Kier alpha value is -1.04. The van der Waals surface area contributed by atoms with E-state index in [0.717, 1.165) is 86.6 Å². The molecule has 3 heterocycles. The number of hydrogen-bond acceptors (Lipinski definition) is 5. The highest BCUT2D eigenvalue weighted by Crippen LogP contribution is 2.72. The van der Waals surface area contributed by atoms with E-state index in [-0.39, 0.29) is 23.0 Å². The number of hydrogen-bond donors (Lipinski definition) is 1. The monoisotopic (exact) mass is 809 g/mol. The van der Waals surface area contributed by atoms with Crippen molar-refractivity contribution in [3.05, 3.63) is 22.8 Å². The third kappa shape index (κ3) is 5.75. The zero-order valence-corrected chi connectivity index (χ0v) is 39.0. The van der Waals surface area contributed by atoms with Crippen molar-refractivity contribution in [2.24, 2.45) is 105 Å². The van der Waals surface area contributed by atoms with Crippen LogP contribution in [0.4, 0.5) is 0 Å². The molecular weight excluding hydrogens is 725 g/mol. The van der Waals surface area contributed by atoms with E-state index in [1.807, 2.05) is 0 Å². The van der Waals surface area contributed by atoms with Crippen LogP contribution < -0.4 is 0 Å². The smallest absolute Gasteiger partial charge is 0.171 e. The van der Waals surface area contributed by atoms with Crippen molar-refractivity contribution in [3.8, 4) is 0 Å². The van der Waals surface area contributed by atoms with Gasteiger partial charge in [0, 0.05) is 23.7 Å². The van der Waals surface area contributed by atoms with Gasteiger partial charge < -0.3 is 14.6 Å². The van der Waals surface area contributed by atoms with E-state index in [0.29, 0.717) is 52.3 Å². The topological polar surface area (TPSA) is 64.5 Å². The van der Waals surface area contributed by atoms with Crippen molar-refractivity contribution in [1.29, 1.82) is 0 Å². The van der Waals surface area contributed by atoms with Gasteiger partial charge in [-0.2, -0.15) is 0 Å². The van der Waals surface area contributed by atoms with Crippen LogP contribution in [0.5, 0.6) is 0 Å². The number of aliphatic hydroxyl groups excluding tert-OH is 1.